The van der Waals surface area contributed by atoms with E-state index >= 15 is 0 Å². The smallest absolute Gasteiger partial charge is 0.246 e. The number of benzene rings is 2. The van der Waals surface area contributed by atoms with Crippen LogP contribution in [0.15, 0.2) is 40.8 Å². The van der Waals surface area contributed by atoms with Crippen molar-refractivity contribution in [3.8, 4) is 11.8 Å². The molecule has 39 heavy (non-hydrogen) atoms. The number of rotatable bonds is 4. The molecule has 0 N–H and O–H groups in total. The molecule has 2 aromatic carbocycles. The Morgan fingerprint density at radius 1 is 1.05 bits per heavy atom. The number of allylic oxidation sites excluding steroid dienone is 2. The molecule has 0 amide bonds. The third-order valence-corrected chi connectivity index (χ3v) is 10.6. The molecule has 0 spiro atoms. The molecule has 204 valence electrons. The average Bonchev–Trinajstić information content (AvgIpc) is 3.32. The topological polar surface area (TPSA) is 99.9 Å². The second-order valence-electron chi connectivity index (χ2n) is 11.4. The van der Waals surface area contributed by atoms with Crippen molar-refractivity contribution < 1.29 is 22.7 Å². The first-order valence-corrected chi connectivity index (χ1v) is 15.0. The first kappa shape index (κ1) is 26.2. The zero-order valence-corrected chi connectivity index (χ0v) is 23.4. The van der Waals surface area contributed by atoms with Gasteiger partial charge < -0.3 is 14.4 Å². The van der Waals surface area contributed by atoms with Crippen molar-refractivity contribution in [3.05, 3.63) is 63.7 Å². The van der Waals surface area contributed by atoms with Crippen molar-refractivity contribution >= 4 is 21.4 Å². The minimum Gasteiger partial charge on any atom is -0.489 e. The van der Waals surface area contributed by atoms with Gasteiger partial charge in [0, 0.05) is 55.6 Å². The highest BCUT2D eigenvalue weighted by Crippen LogP contribution is 2.51. The molecule has 2 aliphatic heterocycles. The molecule has 4 aliphatic rings. The summed E-state index contributed by atoms with van der Waals surface area (Å²) in [5.74, 6) is 0.141. The first-order chi connectivity index (χ1) is 18.6. The van der Waals surface area contributed by atoms with Gasteiger partial charge in [0.1, 0.15) is 16.7 Å². The van der Waals surface area contributed by atoms with Gasteiger partial charge in [-0.05, 0) is 60.0 Å². The van der Waals surface area contributed by atoms with E-state index in [1.807, 2.05) is 19.2 Å². The lowest BCUT2D eigenvalue weighted by molar-refractivity contribution is 0.0243. The molecule has 2 saturated heterocycles. The van der Waals surface area contributed by atoms with Gasteiger partial charge in [0.15, 0.2) is 5.78 Å². The van der Waals surface area contributed by atoms with Gasteiger partial charge in [-0.15, -0.1) is 0 Å². The number of nitriles is 1. The third kappa shape index (κ3) is 4.30. The highest BCUT2D eigenvalue weighted by atomic mass is 32.2. The number of sulfonamides is 1. The van der Waals surface area contributed by atoms with E-state index in [4.69, 9.17) is 9.47 Å². The van der Waals surface area contributed by atoms with Crippen LogP contribution in [0.1, 0.15) is 59.3 Å². The fourth-order valence-electron chi connectivity index (χ4n) is 6.28. The van der Waals surface area contributed by atoms with Gasteiger partial charge in [-0.3, -0.25) is 4.79 Å². The molecule has 0 aromatic heterocycles. The highest BCUT2D eigenvalue weighted by Gasteiger charge is 2.45. The lowest BCUT2D eigenvalue weighted by Crippen LogP contribution is -2.47. The van der Waals surface area contributed by atoms with Crippen LogP contribution in [-0.4, -0.2) is 76.0 Å². The molecular formula is C30H33N3O5S. The third-order valence-electron chi connectivity index (χ3n) is 8.70. The summed E-state index contributed by atoms with van der Waals surface area (Å²) in [6.07, 6.45) is 1.78. The Morgan fingerprint density at radius 2 is 1.77 bits per heavy atom. The van der Waals surface area contributed by atoms with Gasteiger partial charge in [-0.2, -0.15) is 9.57 Å². The quantitative estimate of drug-likeness (QED) is 0.577. The minimum absolute atomic E-state index is 0.0588. The van der Waals surface area contributed by atoms with E-state index in [2.05, 4.69) is 24.8 Å². The molecule has 0 bridgehead atoms. The molecule has 8 nitrogen and oxygen atoms in total. The van der Waals surface area contributed by atoms with Gasteiger partial charge >= 0.3 is 0 Å². The Morgan fingerprint density at radius 3 is 2.46 bits per heavy atom. The number of carbonyl (C=O) groups excluding carboxylic acids is 1. The first-order valence-electron chi connectivity index (χ1n) is 13.5. The lowest BCUT2D eigenvalue weighted by Gasteiger charge is -2.36. The minimum atomic E-state index is -3.91. The number of piperazine rings is 1. The molecule has 0 unspecified atom stereocenters. The summed E-state index contributed by atoms with van der Waals surface area (Å²) in [4.78, 5) is 16.3. The van der Waals surface area contributed by atoms with E-state index in [-0.39, 0.29) is 16.8 Å². The van der Waals surface area contributed by atoms with Crippen LogP contribution in [0, 0.1) is 11.3 Å². The second kappa shape index (κ2) is 9.56. The number of hydrogen-bond donors (Lipinski definition) is 0. The molecule has 0 radical (unpaired) electrons. The van der Waals surface area contributed by atoms with Crippen molar-refractivity contribution in [1.82, 2.24) is 9.21 Å². The molecule has 2 aliphatic carbocycles. The summed E-state index contributed by atoms with van der Waals surface area (Å²) in [5.41, 5.74) is 4.63. The van der Waals surface area contributed by atoms with Crippen molar-refractivity contribution in [3.63, 3.8) is 0 Å². The summed E-state index contributed by atoms with van der Waals surface area (Å²) in [6.45, 7) is 7.35. The van der Waals surface area contributed by atoms with Crippen LogP contribution in [0.2, 0.25) is 0 Å². The van der Waals surface area contributed by atoms with Gasteiger partial charge in [0.05, 0.1) is 24.8 Å². The van der Waals surface area contributed by atoms with Crippen LogP contribution in [-0.2, 0) is 26.6 Å². The number of carbonyl (C=O) groups is 1. The van der Waals surface area contributed by atoms with E-state index in [0.29, 0.717) is 81.1 Å². The Kier molecular flexibility index (Phi) is 6.42. The number of Topliss-reactive ketones (excluding diaryl/α,β-unsaturated/α-hetero) is 1. The Balaban J connectivity index is 1.49. The van der Waals surface area contributed by atoms with E-state index in [1.165, 1.54) is 4.31 Å². The molecule has 0 saturated carbocycles. The number of hydrogen-bond acceptors (Lipinski definition) is 7. The molecule has 6 rings (SSSR count). The van der Waals surface area contributed by atoms with Crippen molar-refractivity contribution in [2.75, 3.05) is 46.4 Å². The summed E-state index contributed by atoms with van der Waals surface area (Å²) in [6, 6.07) is 11.0. The second-order valence-corrected chi connectivity index (χ2v) is 13.4. The normalized spacial score (nSPS) is 21.7. The van der Waals surface area contributed by atoms with Gasteiger partial charge in [-0.25, -0.2) is 8.42 Å². The predicted molar refractivity (Wildman–Crippen MR) is 146 cm³/mol. The van der Waals surface area contributed by atoms with Crippen LogP contribution < -0.4 is 4.74 Å². The maximum atomic E-state index is 14.1. The number of ether oxygens (including phenoxy) is 2. The average molecular weight is 548 g/mol. The van der Waals surface area contributed by atoms with Crippen LogP contribution in [0.25, 0.3) is 5.57 Å². The Labute approximate surface area is 229 Å². The number of nitrogens with zero attached hydrogens (tertiary/aromatic N) is 3. The van der Waals surface area contributed by atoms with E-state index < -0.39 is 15.4 Å². The molecule has 2 fully saturated rings. The SMILES string of the molecule is CN1CCN(S(=O)(=O)c2cc3c(cc2OC2CCOCC2)C(C)(C)C2=C(C3=O)c3ccc(C#N)cc3C2)CC1. The van der Waals surface area contributed by atoms with Crippen LogP contribution in [0.5, 0.6) is 5.75 Å². The van der Waals surface area contributed by atoms with Crippen molar-refractivity contribution in [2.24, 2.45) is 0 Å². The van der Waals surface area contributed by atoms with Gasteiger partial charge in [0.2, 0.25) is 10.0 Å². The number of fused-ring (bicyclic) bond motifs is 3. The maximum absolute atomic E-state index is 14.1. The zero-order valence-electron chi connectivity index (χ0n) is 22.6. The summed E-state index contributed by atoms with van der Waals surface area (Å²) >= 11 is 0. The molecule has 9 heteroatoms. The monoisotopic (exact) mass is 547 g/mol. The zero-order chi connectivity index (χ0) is 27.5. The van der Waals surface area contributed by atoms with E-state index in [0.717, 1.165) is 22.3 Å². The fraction of sp³-hybridized carbons (Fsp3) is 0.467. The van der Waals surface area contributed by atoms with E-state index in [9.17, 15) is 18.5 Å². The van der Waals surface area contributed by atoms with Crippen molar-refractivity contribution in [2.45, 2.75) is 49.5 Å². The molecule has 0 atom stereocenters. The fourth-order valence-corrected chi connectivity index (χ4v) is 7.83. The van der Waals surface area contributed by atoms with Gasteiger partial charge in [0.25, 0.3) is 0 Å². The highest BCUT2D eigenvalue weighted by molar-refractivity contribution is 7.89. The van der Waals surface area contributed by atoms with Gasteiger partial charge in [-0.1, -0.05) is 19.9 Å². The molecule has 2 heterocycles. The van der Waals surface area contributed by atoms with Crippen LogP contribution in [0.4, 0.5) is 0 Å². The summed E-state index contributed by atoms with van der Waals surface area (Å²) in [5, 5.41) is 9.40. The predicted octanol–water partition coefficient (Wildman–Crippen LogP) is 3.54. The molecule has 2 aromatic rings. The number of likely N-dealkylation sites (N-methyl/N-ethyl adjacent to an activating group) is 1. The van der Waals surface area contributed by atoms with Crippen molar-refractivity contribution in [1.29, 1.82) is 5.26 Å². The Hall–Kier alpha value is -3.03. The lowest BCUT2D eigenvalue weighted by atomic mass is 9.68. The Bertz CT molecular complexity index is 1540. The molecular weight excluding hydrogens is 514 g/mol. The van der Waals surface area contributed by atoms with Crippen LogP contribution >= 0.6 is 0 Å². The maximum Gasteiger partial charge on any atom is 0.246 e. The van der Waals surface area contributed by atoms with Crippen LogP contribution in [0.3, 0.4) is 0 Å². The summed E-state index contributed by atoms with van der Waals surface area (Å²) < 4.78 is 41.5. The largest absolute Gasteiger partial charge is 0.489 e. The van der Waals surface area contributed by atoms with E-state index in [1.54, 1.807) is 18.2 Å². The number of ketones is 1. The summed E-state index contributed by atoms with van der Waals surface area (Å²) in [7, 11) is -1.93. The standard InChI is InChI=1S/C30H33N3O5S/c1-30(2)24-17-26(38-21-6-12-37-13-7-21)27(39(35,36)33-10-8-32(3)9-11-33)16-23(24)29(34)28-22-5-4-19(18-31)14-20(22)15-25(28)30/h4-5,14,16-17,21H,6-13,15H2,1-3H3.